The van der Waals surface area contributed by atoms with Crippen LogP contribution in [0.4, 0.5) is 17.1 Å². The molecule has 0 radical (unpaired) electrons. The van der Waals surface area contributed by atoms with Gasteiger partial charge >= 0.3 is 5.69 Å². The van der Waals surface area contributed by atoms with E-state index >= 15 is 0 Å². The summed E-state index contributed by atoms with van der Waals surface area (Å²) in [6.45, 7) is 4.40. The Labute approximate surface area is 226 Å². The van der Waals surface area contributed by atoms with Crippen LogP contribution in [0.5, 0.6) is 17.2 Å². The van der Waals surface area contributed by atoms with Crippen molar-refractivity contribution in [2.75, 3.05) is 57.2 Å². The lowest BCUT2D eigenvalue weighted by molar-refractivity contribution is -0.385. The number of nitrogens with zero attached hydrogens (tertiary/aromatic N) is 3. The van der Waals surface area contributed by atoms with E-state index < -0.39 is 10.8 Å². The van der Waals surface area contributed by atoms with E-state index in [0.29, 0.717) is 48.9 Å². The van der Waals surface area contributed by atoms with Crippen LogP contribution in [0.25, 0.3) is 0 Å². The summed E-state index contributed by atoms with van der Waals surface area (Å²) in [5.74, 6) is 0.691. The topological polar surface area (TPSA) is 123 Å². The second-order valence-corrected chi connectivity index (χ2v) is 8.75. The predicted molar refractivity (Wildman–Crippen MR) is 146 cm³/mol. The zero-order valence-electron chi connectivity index (χ0n) is 22.0. The molecule has 0 aromatic heterocycles. The lowest BCUT2D eigenvalue weighted by Crippen LogP contribution is -2.48. The maximum absolute atomic E-state index is 13.1. The second kappa shape index (κ2) is 12.2. The highest BCUT2D eigenvalue weighted by Crippen LogP contribution is 2.29. The van der Waals surface area contributed by atoms with Gasteiger partial charge in [-0.3, -0.25) is 19.7 Å². The van der Waals surface area contributed by atoms with Gasteiger partial charge in [-0.15, -0.1) is 0 Å². The van der Waals surface area contributed by atoms with Crippen molar-refractivity contribution in [3.8, 4) is 17.2 Å². The van der Waals surface area contributed by atoms with Gasteiger partial charge in [0.1, 0.15) is 11.5 Å². The minimum Gasteiger partial charge on any atom is -0.497 e. The Morgan fingerprint density at radius 1 is 0.897 bits per heavy atom. The quantitative estimate of drug-likeness (QED) is 0.320. The summed E-state index contributed by atoms with van der Waals surface area (Å²) in [6, 6.07) is 16.6. The van der Waals surface area contributed by atoms with Crippen LogP contribution in [0.15, 0.2) is 60.7 Å². The van der Waals surface area contributed by atoms with Crippen LogP contribution >= 0.6 is 0 Å². The number of amides is 2. The number of nitro benzene ring substituents is 1. The molecule has 11 nitrogen and oxygen atoms in total. The number of piperazine rings is 1. The van der Waals surface area contributed by atoms with Crippen LogP contribution in [-0.2, 0) is 0 Å². The van der Waals surface area contributed by atoms with E-state index in [0.717, 1.165) is 5.69 Å². The Balaban J connectivity index is 1.36. The van der Waals surface area contributed by atoms with Gasteiger partial charge in [-0.25, -0.2) is 0 Å². The minimum absolute atomic E-state index is 0.0839. The van der Waals surface area contributed by atoms with E-state index in [2.05, 4.69) is 10.2 Å². The standard InChI is InChI=1S/C28H30N4O7/c1-4-39-26-10-5-19(17-25(26)32(35)36)27(33)29-21-6-8-22(9-7-21)30-11-13-31(14-12-30)28(34)20-15-23(37-2)18-24(16-20)38-3/h5-10,15-18H,4,11-14H2,1-3H3,(H,29,33). The van der Waals surface area contributed by atoms with Crippen molar-refractivity contribution in [2.24, 2.45) is 0 Å². The van der Waals surface area contributed by atoms with E-state index in [9.17, 15) is 19.7 Å². The molecule has 0 unspecified atom stereocenters. The average Bonchev–Trinajstić information content (AvgIpc) is 2.97. The summed E-state index contributed by atoms with van der Waals surface area (Å²) in [6.07, 6.45) is 0. The number of carbonyl (C=O) groups is 2. The number of nitrogens with one attached hydrogen (secondary N) is 1. The molecule has 0 aliphatic carbocycles. The monoisotopic (exact) mass is 534 g/mol. The number of ether oxygens (including phenoxy) is 3. The first-order valence-corrected chi connectivity index (χ1v) is 12.4. The zero-order chi connectivity index (χ0) is 27.9. The van der Waals surface area contributed by atoms with Crippen molar-refractivity contribution in [3.63, 3.8) is 0 Å². The van der Waals surface area contributed by atoms with Crippen LogP contribution in [0, 0.1) is 10.1 Å². The molecule has 1 saturated heterocycles. The smallest absolute Gasteiger partial charge is 0.311 e. The molecule has 1 heterocycles. The Kier molecular flexibility index (Phi) is 8.50. The number of nitro groups is 1. The van der Waals surface area contributed by atoms with Crippen molar-refractivity contribution >= 4 is 28.9 Å². The van der Waals surface area contributed by atoms with Gasteiger partial charge in [-0.1, -0.05) is 0 Å². The molecule has 11 heteroatoms. The van der Waals surface area contributed by atoms with E-state index in [-0.39, 0.29) is 29.5 Å². The van der Waals surface area contributed by atoms with Gasteiger partial charge in [0.15, 0.2) is 5.75 Å². The Morgan fingerprint density at radius 2 is 1.54 bits per heavy atom. The molecule has 0 saturated carbocycles. The molecule has 4 rings (SSSR count). The van der Waals surface area contributed by atoms with Crippen LogP contribution < -0.4 is 24.4 Å². The SMILES string of the molecule is CCOc1ccc(C(=O)Nc2ccc(N3CCN(C(=O)c4cc(OC)cc(OC)c4)CC3)cc2)cc1[N+](=O)[O-]. The number of anilines is 2. The van der Waals surface area contributed by atoms with Crippen molar-refractivity contribution < 1.29 is 28.7 Å². The summed E-state index contributed by atoms with van der Waals surface area (Å²) in [5.41, 5.74) is 1.92. The minimum atomic E-state index is -0.572. The number of hydrogen-bond acceptors (Lipinski definition) is 8. The molecule has 3 aromatic rings. The number of hydrogen-bond donors (Lipinski definition) is 1. The largest absolute Gasteiger partial charge is 0.497 e. The van der Waals surface area contributed by atoms with Crippen LogP contribution in [-0.4, -0.2) is 68.6 Å². The molecule has 1 N–H and O–H groups in total. The van der Waals surface area contributed by atoms with Gasteiger partial charge in [0.05, 0.1) is 25.7 Å². The first-order chi connectivity index (χ1) is 18.8. The first kappa shape index (κ1) is 27.2. The van der Waals surface area contributed by atoms with Gasteiger partial charge < -0.3 is 29.3 Å². The number of rotatable bonds is 9. The molecule has 2 amide bonds. The van der Waals surface area contributed by atoms with Crippen LogP contribution in [0.3, 0.4) is 0 Å². The van der Waals surface area contributed by atoms with Crippen LogP contribution in [0.1, 0.15) is 27.6 Å². The maximum atomic E-state index is 13.1. The van der Waals surface area contributed by atoms with Crippen LogP contribution in [0.2, 0.25) is 0 Å². The number of methoxy groups -OCH3 is 2. The van der Waals surface area contributed by atoms with Crippen molar-refractivity contribution in [3.05, 3.63) is 81.9 Å². The van der Waals surface area contributed by atoms with Gasteiger partial charge in [0, 0.05) is 60.8 Å². The molecule has 39 heavy (non-hydrogen) atoms. The molecule has 1 aliphatic heterocycles. The van der Waals surface area contributed by atoms with E-state index in [1.54, 1.807) is 56.4 Å². The van der Waals surface area contributed by atoms with E-state index in [1.165, 1.54) is 18.2 Å². The predicted octanol–water partition coefficient (Wildman–Crippen LogP) is 4.23. The third-order valence-corrected chi connectivity index (χ3v) is 6.37. The highest BCUT2D eigenvalue weighted by molar-refractivity contribution is 6.05. The lowest BCUT2D eigenvalue weighted by atomic mass is 10.1. The highest BCUT2D eigenvalue weighted by Gasteiger charge is 2.24. The molecule has 204 valence electrons. The molecule has 0 spiro atoms. The molecular formula is C28H30N4O7. The summed E-state index contributed by atoms with van der Waals surface area (Å²) < 4.78 is 15.8. The second-order valence-electron chi connectivity index (χ2n) is 8.75. The van der Waals surface area contributed by atoms with Gasteiger partial charge in [-0.2, -0.15) is 0 Å². The number of benzene rings is 3. The lowest BCUT2D eigenvalue weighted by Gasteiger charge is -2.36. The third kappa shape index (κ3) is 6.38. The van der Waals surface area contributed by atoms with Gasteiger partial charge in [0.25, 0.3) is 11.8 Å². The third-order valence-electron chi connectivity index (χ3n) is 6.37. The van der Waals surface area contributed by atoms with E-state index in [4.69, 9.17) is 14.2 Å². The molecule has 1 fully saturated rings. The molecular weight excluding hydrogens is 504 g/mol. The van der Waals surface area contributed by atoms with Gasteiger partial charge in [0.2, 0.25) is 0 Å². The van der Waals surface area contributed by atoms with Gasteiger partial charge in [-0.05, 0) is 55.5 Å². The molecule has 1 aliphatic rings. The Morgan fingerprint density at radius 3 is 2.10 bits per heavy atom. The normalized spacial score (nSPS) is 13.0. The van der Waals surface area contributed by atoms with Crippen molar-refractivity contribution in [2.45, 2.75) is 6.92 Å². The van der Waals surface area contributed by atoms with Crippen molar-refractivity contribution in [1.29, 1.82) is 0 Å². The zero-order valence-corrected chi connectivity index (χ0v) is 22.0. The summed E-state index contributed by atoms with van der Waals surface area (Å²) in [4.78, 5) is 40.5. The highest BCUT2D eigenvalue weighted by atomic mass is 16.6. The molecule has 0 bridgehead atoms. The fraction of sp³-hybridized carbons (Fsp3) is 0.286. The average molecular weight is 535 g/mol. The van der Waals surface area contributed by atoms with E-state index in [1.807, 2.05) is 12.1 Å². The fourth-order valence-corrected chi connectivity index (χ4v) is 4.32. The van der Waals surface area contributed by atoms with Crippen molar-refractivity contribution in [1.82, 2.24) is 4.90 Å². The first-order valence-electron chi connectivity index (χ1n) is 12.4. The summed E-state index contributed by atoms with van der Waals surface area (Å²) >= 11 is 0. The molecule has 3 aromatic carbocycles. The molecule has 0 atom stereocenters. The Bertz CT molecular complexity index is 1330. The Hall–Kier alpha value is -4.80. The summed E-state index contributed by atoms with van der Waals surface area (Å²) in [7, 11) is 3.09. The summed E-state index contributed by atoms with van der Waals surface area (Å²) in [5, 5.41) is 14.1. The fourth-order valence-electron chi connectivity index (χ4n) is 4.32. The number of carbonyl (C=O) groups excluding carboxylic acids is 2. The maximum Gasteiger partial charge on any atom is 0.311 e.